The Balaban J connectivity index is 1.79. The number of hydrogen-bond acceptors (Lipinski definition) is 5. The van der Waals surface area contributed by atoms with Crippen LogP contribution in [0.5, 0.6) is 5.75 Å². The lowest BCUT2D eigenvalue weighted by Gasteiger charge is -2.19. The van der Waals surface area contributed by atoms with Crippen LogP contribution in [-0.4, -0.2) is 59.6 Å². The molecule has 1 aromatic carbocycles. The maximum atomic E-state index is 12.8. The van der Waals surface area contributed by atoms with Gasteiger partial charge in [-0.1, -0.05) is 0 Å². The fourth-order valence-electron chi connectivity index (χ4n) is 2.92. The number of benzene rings is 1. The number of alkyl halides is 3. The normalized spacial score (nSPS) is 14.3. The van der Waals surface area contributed by atoms with E-state index in [1.807, 2.05) is 0 Å². The lowest BCUT2D eigenvalue weighted by molar-refractivity contribution is -0.274. The molecule has 1 fully saturated rings. The van der Waals surface area contributed by atoms with Gasteiger partial charge in [0.15, 0.2) is 0 Å². The number of hydrogen-bond donors (Lipinski definition) is 0. The van der Waals surface area contributed by atoms with Gasteiger partial charge < -0.3 is 14.5 Å². The van der Waals surface area contributed by atoms with E-state index in [0.717, 1.165) is 17.0 Å². The summed E-state index contributed by atoms with van der Waals surface area (Å²) in [6, 6.07) is 5.35. The summed E-state index contributed by atoms with van der Waals surface area (Å²) in [5, 5.41) is 0. The summed E-state index contributed by atoms with van der Waals surface area (Å²) in [5.41, 5.74) is 0.928. The first kappa shape index (κ1) is 21.1. The number of nitrogens with zero attached hydrogens (tertiary/aromatic N) is 4. The summed E-state index contributed by atoms with van der Waals surface area (Å²) in [6.45, 7) is -0.245. The minimum absolute atomic E-state index is 0.00618. The van der Waals surface area contributed by atoms with Gasteiger partial charge >= 0.3 is 12.4 Å². The molecule has 8 nitrogen and oxygen atoms in total. The first-order valence-corrected chi connectivity index (χ1v) is 8.69. The number of carbonyl (C=O) groups excluding carboxylic acids is 3. The lowest BCUT2D eigenvalue weighted by atomic mass is 10.1. The molecule has 0 aliphatic carbocycles. The number of carbonyl (C=O) groups is 3. The average Bonchev–Trinajstić information content (AvgIpc) is 2.94. The third kappa shape index (κ3) is 4.50. The summed E-state index contributed by atoms with van der Waals surface area (Å²) in [7, 11) is 3.16. The van der Waals surface area contributed by atoms with E-state index in [-0.39, 0.29) is 24.7 Å². The Morgan fingerprint density at radius 3 is 2.43 bits per heavy atom. The van der Waals surface area contributed by atoms with Crippen molar-refractivity contribution < 1.29 is 32.3 Å². The van der Waals surface area contributed by atoms with Crippen LogP contribution in [0, 0.1) is 0 Å². The Morgan fingerprint density at radius 2 is 1.83 bits per heavy atom. The zero-order chi connectivity index (χ0) is 22.1. The SMILES string of the molecule is CN(C)C(=O)c1cnccc1CN1CC(=O)N(c2ccc(OC(F)(F)F)cc2)C1=O. The molecule has 3 rings (SSSR count). The second-order valence-corrected chi connectivity index (χ2v) is 6.64. The highest BCUT2D eigenvalue weighted by molar-refractivity contribution is 6.19. The topological polar surface area (TPSA) is 83.1 Å². The van der Waals surface area contributed by atoms with E-state index in [1.165, 1.54) is 34.3 Å². The van der Waals surface area contributed by atoms with Crippen LogP contribution in [0.3, 0.4) is 0 Å². The summed E-state index contributed by atoms with van der Waals surface area (Å²) >= 11 is 0. The number of rotatable bonds is 5. The van der Waals surface area contributed by atoms with E-state index in [1.54, 1.807) is 20.2 Å². The monoisotopic (exact) mass is 422 g/mol. The molecule has 0 spiro atoms. The second-order valence-electron chi connectivity index (χ2n) is 6.64. The quantitative estimate of drug-likeness (QED) is 0.692. The Labute approximate surface area is 169 Å². The van der Waals surface area contributed by atoms with Gasteiger partial charge in [-0.25, -0.2) is 9.69 Å². The van der Waals surface area contributed by atoms with Gasteiger partial charge in [-0.15, -0.1) is 13.2 Å². The molecule has 1 saturated heterocycles. The number of urea groups is 1. The molecule has 0 bridgehead atoms. The molecule has 1 aliphatic heterocycles. The fourth-order valence-corrected chi connectivity index (χ4v) is 2.92. The lowest BCUT2D eigenvalue weighted by Crippen LogP contribution is -2.33. The molecule has 0 unspecified atom stereocenters. The summed E-state index contributed by atoms with van der Waals surface area (Å²) in [5.74, 6) is -1.31. The Bertz CT molecular complexity index is 976. The van der Waals surface area contributed by atoms with Gasteiger partial charge in [0, 0.05) is 33.0 Å². The first-order chi connectivity index (χ1) is 14.1. The molecule has 0 atom stereocenters. The van der Waals surface area contributed by atoms with Crippen LogP contribution in [0.25, 0.3) is 0 Å². The maximum absolute atomic E-state index is 12.8. The molecule has 158 valence electrons. The van der Waals surface area contributed by atoms with Crippen LogP contribution in [0.1, 0.15) is 15.9 Å². The van der Waals surface area contributed by atoms with Gasteiger partial charge in [0.05, 0.1) is 11.3 Å². The van der Waals surface area contributed by atoms with Crippen LogP contribution in [-0.2, 0) is 11.3 Å². The zero-order valence-electron chi connectivity index (χ0n) is 16.0. The number of imide groups is 1. The Morgan fingerprint density at radius 1 is 1.17 bits per heavy atom. The van der Waals surface area contributed by atoms with Crippen LogP contribution in [0.15, 0.2) is 42.7 Å². The van der Waals surface area contributed by atoms with E-state index < -0.39 is 24.1 Å². The van der Waals surface area contributed by atoms with Crippen LogP contribution in [0.2, 0.25) is 0 Å². The Hall–Kier alpha value is -3.63. The molecular weight excluding hydrogens is 405 g/mol. The van der Waals surface area contributed by atoms with Crippen molar-refractivity contribution >= 4 is 23.5 Å². The van der Waals surface area contributed by atoms with Crippen molar-refractivity contribution in [2.75, 3.05) is 25.5 Å². The van der Waals surface area contributed by atoms with Crippen molar-refractivity contribution in [1.29, 1.82) is 0 Å². The molecule has 1 aromatic heterocycles. The smallest absolute Gasteiger partial charge is 0.406 e. The highest BCUT2D eigenvalue weighted by Crippen LogP contribution is 2.28. The van der Waals surface area contributed by atoms with E-state index in [9.17, 15) is 27.6 Å². The first-order valence-electron chi connectivity index (χ1n) is 8.69. The second kappa shape index (κ2) is 8.01. The van der Waals surface area contributed by atoms with Crippen molar-refractivity contribution in [3.63, 3.8) is 0 Å². The van der Waals surface area contributed by atoms with Crippen LogP contribution in [0.4, 0.5) is 23.7 Å². The molecule has 4 amide bonds. The van der Waals surface area contributed by atoms with Crippen molar-refractivity contribution in [2.45, 2.75) is 12.9 Å². The molecule has 0 radical (unpaired) electrons. The number of halogens is 3. The molecule has 11 heteroatoms. The Kier molecular flexibility index (Phi) is 5.63. The van der Waals surface area contributed by atoms with Crippen LogP contribution >= 0.6 is 0 Å². The molecule has 1 aliphatic rings. The van der Waals surface area contributed by atoms with E-state index in [4.69, 9.17) is 0 Å². The largest absolute Gasteiger partial charge is 0.573 e. The summed E-state index contributed by atoms with van der Waals surface area (Å²) < 4.78 is 40.6. The number of anilines is 1. The van der Waals surface area contributed by atoms with E-state index >= 15 is 0 Å². The predicted molar refractivity (Wildman–Crippen MR) is 98.7 cm³/mol. The molecule has 2 heterocycles. The summed E-state index contributed by atoms with van der Waals surface area (Å²) in [6.07, 6.45) is -1.98. The molecular formula is C19H17F3N4O4. The van der Waals surface area contributed by atoms with Crippen LogP contribution < -0.4 is 9.64 Å². The van der Waals surface area contributed by atoms with Gasteiger partial charge in [-0.3, -0.25) is 14.6 Å². The maximum Gasteiger partial charge on any atom is 0.573 e. The minimum Gasteiger partial charge on any atom is -0.406 e. The van der Waals surface area contributed by atoms with Gasteiger partial charge in [-0.05, 0) is 35.9 Å². The van der Waals surface area contributed by atoms with Crippen molar-refractivity contribution in [1.82, 2.24) is 14.8 Å². The molecule has 30 heavy (non-hydrogen) atoms. The van der Waals surface area contributed by atoms with Gasteiger partial charge in [-0.2, -0.15) is 0 Å². The predicted octanol–water partition coefficient (Wildman–Crippen LogP) is 2.65. The third-order valence-corrected chi connectivity index (χ3v) is 4.27. The molecule has 0 N–H and O–H groups in total. The van der Waals surface area contributed by atoms with E-state index in [0.29, 0.717) is 11.1 Å². The van der Waals surface area contributed by atoms with Gasteiger partial charge in [0.2, 0.25) is 0 Å². The van der Waals surface area contributed by atoms with E-state index in [2.05, 4.69) is 9.72 Å². The van der Waals surface area contributed by atoms with Crippen molar-refractivity contribution in [3.8, 4) is 5.75 Å². The number of pyridine rings is 1. The standard InChI is InChI=1S/C19H17F3N4O4/c1-24(2)17(28)15-9-23-8-7-12(15)10-25-11-16(27)26(18(25)29)13-3-5-14(6-4-13)30-19(20,21)22/h3-9H,10-11H2,1-2H3. The third-order valence-electron chi connectivity index (χ3n) is 4.27. The van der Waals surface area contributed by atoms with Gasteiger partial charge in [0.1, 0.15) is 12.3 Å². The molecule has 0 saturated carbocycles. The number of aromatic nitrogens is 1. The highest BCUT2D eigenvalue weighted by Gasteiger charge is 2.38. The van der Waals surface area contributed by atoms with Gasteiger partial charge in [0.25, 0.3) is 11.8 Å². The minimum atomic E-state index is -4.84. The highest BCUT2D eigenvalue weighted by atomic mass is 19.4. The van der Waals surface area contributed by atoms with Crippen molar-refractivity contribution in [2.24, 2.45) is 0 Å². The average molecular weight is 422 g/mol. The summed E-state index contributed by atoms with van der Waals surface area (Å²) in [4.78, 5) is 44.9. The molecule has 2 aromatic rings. The fraction of sp³-hybridized carbons (Fsp3) is 0.263. The number of amides is 4. The van der Waals surface area contributed by atoms with Crippen molar-refractivity contribution in [3.05, 3.63) is 53.9 Å². The zero-order valence-corrected chi connectivity index (χ0v) is 16.0. The number of ether oxygens (including phenoxy) is 1.